The molecule has 144 valence electrons. The summed E-state index contributed by atoms with van der Waals surface area (Å²) >= 11 is 0. The molecule has 7 heteroatoms. The number of methoxy groups -OCH3 is 1. The van der Waals surface area contributed by atoms with E-state index in [1.807, 2.05) is 25.1 Å². The molecule has 0 bridgehead atoms. The minimum atomic E-state index is 0. The van der Waals surface area contributed by atoms with Crippen LogP contribution in [0.25, 0.3) is 0 Å². The SMILES string of the molecule is CCCN(CC)CCNC(=NC)Nc1ccc(OCC)c(OC)c1.I. The van der Waals surface area contributed by atoms with Gasteiger partial charge in [-0.05, 0) is 38.6 Å². The van der Waals surface area contributed by atoms with Gasteiger partial charge in [-0.15, -0.1) is 24.0 Å². The number of guanidine groups is 1. The van der Waals surface area contributed by atoms with Crippen molar-refractivity contribution in [2.75, 3.05) is 52.3 Å². The third-order valence-corrected chi connectivity index (χ3v) is 3.66. The van der Waals surface area contributed by atoms with Gasteiger partial charge in [-0.2, -0.15) is 0 Å². The lowest BCUT2D eigenvalue weighted by atomic mass is 10.2. The molecule has 0 fully saturated rings. The summed E-state index contributed by atoms with van der Waals surface area (Å²) in [5, 5.41) is 6.62. The molecule has 0 unspecified atom stereocenters. The Morgan fingerprint density at radius 2 is 1.92 bits per heavy atom. The summed E-state index contributed by atoms with van der Waals surface area (Å²) in [6.07, 6.45) is 1.17. The molecule has 1 aromatic carbocycles. The summed E-state index contributed by atoms with van der Waals surface area (Å²) < 4.78 is 10.9. The quantitative estimate of drug-likeness (QED) is 0.316. The third-order valence-electron chi connectivity index (χ3n) is 3.66. The number of nitrogens with one attached hydrogen (secondary N) is 2. The Balaban J connectivity index is 0.00000576. The van der Waals surface area contributed by atoms with Gasteiger partial charge in [0.05, 0.1) is 13.7 Å². The Labute approximate surface area is 169 Å². The minimum absolute atomic E-state index is 0. The number of hydrogen-bond acceptors (Lipinski definition) is 4. The predicted octanol–water partition coefficient (Wildman–Crippen LogP) is 3.43. The topological polar surface area (TPSA) is 58.1 Å². The molecule has 0 amide bonds. The number of rotatable bonds is 10. The molecule has 2 N–H and O–H groups in total. The second-order valence-electron chi connectivity index (χ2n) is 5.36. The number of anilines is 1. The van der Waals surface area contributed by atoms with Crippen LogP contribution < -0.4 is 20.1 Å². The zero-order valence-corrected chi connectivity index (χ0v) is 18.4. The van der Waals surface area contributed by atoms with E-state index in [4.69, 9.17) is 9.47 Å². The molecule has 6 nitrogen and oxygen atoms in total. The lowest BCUT2D eigenvalue weighted by Gasteiger charge is -2.20. The second kappa shape index (κ2) is 14.0. The number of nitrogens with zero attached hydrogens (tertiary/aromatic N) is 2. The smallest absolute Gasteiger partial charge is 0.195 e. The van der Waals surface area contributed by atoms with Gasteiger partial charge in [-0.25, -0.2) is 0 Å². The van der Waals surface area contributed by atoms with Crippen molar-refractivity contribution >= 4 is 35.6 Å². The molecule has 1 aromatic rings. The average molecular weight is 464 g/mol. The van der Waals surface area contributed by atoms with Crippen molar-refractivity contribution in [3.05, 3.63) is 18.2 Å². The van der Waals surface area contributed by atoms with Crippen molar-refractivity contribution in [1.82, 2.24) is 10.2 Å². The van der Waals surface area contributed by atoms with E-state index in [2.05, 4.69) is 34.4 Å². The molecule has 0 spiro atoms. The summed E-state index contributed by atoms with van der Waals surface area (Å²) in [5.41, 5.74) is 0.907. The van der Waals surface area contributed by atoms with E-state index in [0.717, 1.165) is 43.6 Å². The van der Waals surface area contributed by atoms with Crippen LogP contribution in [0, 0.1) is 0 Å². The van der Waals surface area contributed by atoms with Crippen LogP contribution in [0.3, 0.4) is 0 Å². The van der Waals surface area contributed by atoms with E-state index < -0.39 is 0 Å². The number of aliphatic imine (C=N–C) groups is 1. The minimum Gasteiger partial charge on any atom is -0.493 e. The van der Waals surface area contributed by atoms with Gasteiger partial charge in [0.2, 0.25) is 0 Å². The molecule has 1 rings (SSSR count). The van der Waals surface area contributed by atoms with Crippen LogP contribution in [0.5, 0.6) is 11.5 Å². The molecule has 0 aliphatic carbocycles. The fourth-order valence-electron chi connectivity index (χ4n) is 2.41. The summed E-state index contributed by atoms with van der Waals surface area (Å²) in [4.78, 5) is 6.69. The fourth-order valence-corrected chi connectivity index (χ4v) is 2.41. The molecule has 0 atom stereocenters. The van der Waals surface area contributed by atoms with Gasteiger partial charge < -0.3 is 25.0 Å². The highest BCUT2D eigenvalue weighted by atomic mass is 127. The Morgan fingerprint density at radius 3 is 2.48 bits per heavy atom. The summed E-state index contributed by atoms with van der Waals surface area (Å²) in [7, 11) is 3.41. The van der Waals surface area contributed by atoms with Crippen LogP contribution in [0.15, 0.2) is 23.2 Å². The van der Waals surface area contributed by atoms with Gasteiger partial charge in [-0.1, -0.05) is 13.8 Å². The summed E-state index contributed by atoms with van der Waals surface area (Å²) in [5.74, 6) is 2.19. The number of benzene rings is 1. The predicted molar refractivity (Wildman–Crippen MR) is 117 cm³/mol. The standard InChI is InChI=1S/C18H32N4O2.HI/c1-6-12-22(7-2)13-11-20-18(19-4)21-15-9-10-16(24-8-3)17(14-15)23-5;/h9-10,14H,6-8,11-13H2,1-5H3,(H2,19,20,21);1H. The van der Waals surface area contributed by atoms with Gasteiger partial charge in [0, 0.05) is 31.9 Å². The first-order valence-corrected chi connectivity index (χ1v) is 8.69. The van der Waals surface area contributed by atoms with Crippen molar-refractivity contribution in [3.63, 3.8) is 0 Å². The first-order valence-electron chi connectivity index (χ1n) is 8.69. The van der Waals surface area contributed by atoms with Crippen LogP contribution in [-0.4, -0.2) is 57.8 Å². The molecule has 0 aromatic heterocycles. The van der Waals surface area contributed by atoms with E-state index in [-0.39, 0.29) is 24.0 Å². The normalized spacial score (nSPS) is 11.0. The number of hydrogen-bond donors (Lipinski definition) is 2. The van der Waals surface area contributed by atoms with E-state index in [1.165, 1.54) is 6.42 Å². The molecule has 25 heavy (non-hydrogen) atoms. The summed E-state index contributed by atoms with van der Waals surface area (Å²) in [6, 6.07) is 5.76. The Hall–Kier alpha value is -1.22. The molecule has 0 aliphatic rings. The molecule has 0 saturated heterocycles. The molecular formula is C18H33IN4O2. The largest absolute Gasteiger partial charge is 0.493 e. The maximum Gasteiger partial charge on any atom is 0.195 e. The molecule has 0 radical (unpaired) electrons. The van der Waals surface area contributed by atoms with E-state index in [0.29, 0.717) is 12.4 Å². The highest BCUT2D eigenvalue weighted by Crippen LogP contribution is 2.30. The van der Waals surface area contributed by atoms with Crippen molar-refractivity contribution in [3.8, 4) is 11.5 Å². The van der Waals surface area contributed by atoms with E-state index in [1.54, 1.807) is 14.2 Å². The maximum atomic E-state index is 5.54. The fraction of sp³-hybridized carbons (Fsp3) is 0.611. The molecule has 0 aliphatic heterocycles. The highest BCUT2D eigenvalue weighted by molar-refractivity contribution is 14.0. The third kappa shape index (κ3) is 8.62. The molecule has 0 saturated carbocycles. The van der Waals surface area contributed by atoms with Gasteiger partial charge in [-0.3, -0.25) is 4.99 Å². The number of halogens is 1. The average Bonchev–Trinajstić information content (AvgIpc) is 2.61. The van der Waals surface area contributed by atoms with E-state index in [9.17, 15) is 0 Å². The lowest BCUT2D eigenvalue weighted by Crippen LogP contribution is -2.38. The van der Waals surface area contributed by atoms with Gasteiger partial charge in [0.25, 0.3) is 0 Å². The van der Waals surface area contributed by atoms with Gasteiger partial charge >= 0.3 is 0 Å². The van der Waals surface area contributed by atoms with Gasteiger partial charge in [0.1, 0.15) is 0 Å². The number of ether oxygens (including phenoxy) is 2. The Bertz CT molecular complexity index is 512. The maximum absolute atomic E-state index is 5.54. The second-order valence-corrected chi connectivity index (χ2v) is 5.36. The highest BCUT2D eigenvalue weighted by Gasteiger charge is 2.07. The monoisotopic (exact) mass is 464 g/mol. The molecule has 0 heterocycles. The number of likely N-dealkylation sites (N-methyl/N-ethyl adjacent to an activating group) is 1. The first-order chi connectivity index (χ1) is 11.7. The molecular weight excluding hydrogens is 431 g/mol. The zero-order valence-electron chi connectivity index (χ0n) is 16.1. The van der Waals surface area contributed by atoms with Crippen molar-refractivity contribution < 1.29 is 9.47 Å². The van der Waals surface area contributed by atoms with Gasteiger partial charge in [0.15, 0.2) is 17.5 Å². The van der Waals surface area contributed by atoms with Crippen LogP contribution >= 0.6 is 24.0 Å². The first kappa shape index (κ1) is 23.8. The van der Waals surface area contributed by atoms with Crippen molar-refractivity contribution in [1.29, 1.82) is 0 Å². The lowest BCUT2D eigenvalue weighted by molar-refractivity contribution is 0.293. The van der Waals surface area contributed by atoms with E-state index >= 15 is 0 Å². The van der Waals surface area contributed by atoms with Crippen LogP contribution in [0.1, 0.15) is 27.2 Å². The van der Waals surface area contributed by atoms with Crippen molar-refractivity contribution in [2.45, 2.75) is 27.2 Å². The Kier molecular flexibility index (Phi) is 13.3. The van der Waals surface area contributed by atoms with Crippen LogP contribution in [-0.2, 0) is 0 Å². The van der Waals surface area contributed by atoms with Crippen LogP contribution in [0.4, 0.5) is 5.69 Å². The van der Waals surface area contributed by atoms with Crippen molar-refractivity contribution in [2.24, 2.45) is 4.99 Å². The Morgan fingerprint density at radius 1 is 1.16 bits per heavy atom. The zero-order chi connectivity index (χ0) is 17.8. The summed E-state index contributed by atoms with van der Waals surface area (Å²) in [6.45, 7) is 11.0. The van der Waals surface area contributed by atoms with Crippen LogP contribution in [0.2, 0.25) is 0 Å².